The maximum atomic E-state index is 11.5. The van der Waals surface area contributed by atoms with Gasteiger partial charge in [0.05, 0.1) is 0 Å². The third-order valence-electron chi connectivity index (χ3n) is 2.46. The van der Waals surface area contributed by atoms with Crippen LogP contribution in [-0.4, -0.2) is 34.1 Å². The summed E-state index contributed by atoms with van der Waals surface area (Å²) in [6, 6.07) is 0. The Morgan fingerprint density at radius 2 is 1.79 bits per heavy atom. The van der Waals surface area contributed by atoms with E-state index in [1.807, 2.05) is 0 Å². The Kier molecular flexibility index (Phi) is 5.80. The Labute approximate surface area is 113 Å². The number of alkyl carbamates (subject to hydrolysis) is 1. The van der Waals surface area contributed by atoms with Crippen LogP contribution in [-0.2, 0) is 9.53 Å². The maximum absolute atomic E-state index is 11.5. The number of nitrogens with one attached hydrogen (secondary N) is 2. The fourth-order valence-electron chi connectivity index (χ4n) is 1.49. The van der Waals surface area contributed by atoms with Crippen LogP contribution in [0.5, 0.6) is 0 Å². The van der Waals surface area contributed by atoms with Gasteiger partial charge >= 0.3 is 6.09 Å². The molecule has 0 unspecified atom stereocenters. The van der Waals surface area contributed by atoms with Crippen molar-refractivity contribution in [2.24, 2.45) is 5.73 Å². The average Bonchev–Trinajstić information content (AvgIpc) is 2.06. The molecule has 0 bridgehead atoms. The number of ether oxygens (including phenoxy) is 1. The van der Waals surface area contributed by atoms with Crippen molar-refractivity contribution in [1.82, 2.24) is 5.32 Å². The van der Waals surface area contributed by atoms with E-state index in [0.717, 1.165) is 26.2 Å². The largest absolute Gasteiger partial charge is 0.481 e. The fraction of sp³-hybridized carbons (Fsp3) is 0.750. The predicted octanol–water partition coefficient (Wildman–Crippen LogP) is 1.46. The Morgan fingerprint density at radius 1 is 1.37 bits per heavy atom. The van der Waals surface area contributed by atoms with Gasteiger partial charge in [-0.1, -0.05) is 0 Å². The van der Waals surface area contributed by atoms with E-state index in [1.54, 1.807) is 20.8 Å². The summed E-state index contributed by atoms with van der Waals surface area (Å²) in [6.45, 7) is 6.48. The first kappa shape index (κ1) is 17.2. The maximum Gasteiger partial charge on any atom is 0.408 e. The number of aliphatic carboxylic acids is 1. The highest BCUT2D eigenvalue weighted by molar-refractivity contribution is 5.91. The van der Waals surface area contributed by atoms with Crippen LogP contribution in [0.15, 0.2) is 0 Å². The molecule has 110 valence electrons. The monoisotopic (exact) mass is 273 g/mol. The molecule has 0 radical (unpaired) electrons. The molecule has 0 atom stereocenters. The topological polar surface area (TPSA) is 125 Å². The van der Waals surface area contributed by atoms with E-state index < -0.39 is 23.2 Å². The average molecular weight is 273 g/mol. The summed E-state index contributed by atoms with van der Waals surface area (Å²) in [6.07, 6.45) is 1.93. The molecule has 1 aliphatic carbocycles. The smallest absolute Gasteiger partial charge is 0.408 e. The number of rotatable bonds is 2. The van der Waals surface area contributed by atoms with E-state index in [9.17, 15) is 4.79 Å². The summed E-state index contributed by atoms with van der Waals surface area (Å²) in [7, 11) is 0. The van der Waals surface area contributed by atoms with E-state index in [1.165, 1.54) is 0 Å². The summed E-state index contributed by atoms with van der Waals surface area (Å²) in [4.78, 5) is 20.5. The molecule has 5 N–H and O–H groups in total. The number of amides is 1. The minimum absolute atomic E-state index is 0.0135. The minimum atomic E-state index is -0.833. The van der Waals surface area contributed by atoms with E-state index in [-0.39, 0.29) is 5.84 Å². The molecule has 0 aromatic heterocycles. The van der Waals surface area contributed by atoms with Crippen LogP contribution >= 0.6 is 0 Å². The second kappa shape index (κ2) is 6.40. The van der Waals surface area contributed by atoms with Gasteiger partial charge < -0.3 is 20.9 Å². The van der Waals surface area contributed by atoms with Gasteiger partial charge in [-0.2, -0.15) is 0 Å². The molecule has 1 saturated carbocycles. The van der Waals surface area contributed by atoms with Crippen molar-refractivity contribution in [2.45, 2.75) is 58.1 Å². The number of hydrogen-bond donors (Lipinski definition) is 4. The molecular formula is C12H23N3O4. The van der Waals surface area contributed by atoms with E-state index in [4.69, 9.17) is 25.8 Å². The molecule has 7 nitrogen and oxygen atoms in total. The van der Waals surface area contributed by atoms with Crippen LogP contribution < -0.4 is 11.1 Å². The second-order valence-corrected chi connectivity index (χ2v) is 5.50. The number of carbonyl (C=O) groups excluding carboxylic acids is 1. The molecule has 1 amide bonds. The summed E-state index contributed by atoms with van der Waals surface area (Å²) in [5, 5.41) is 17.5. The van der Waals surface area contributed by atoms with Crippen molar-refractivity contribution >= 4 is 17.9 Å². The molecule has 19 heavy (non-hydrogen) atoms. The Balaban J connectivity index is 0.000000711. The Hall–Kier alpha value is -1.79. The van der Waals surface area contributed by atoms with Crippen molar-refractivity contribution in [2.75, 3.05) is 0 Å². The number of nitrogens with two attached hydrogens (primary N) is 1. The van der Waals surface area contributed by atoms with Crippen molar-refractivity contribution < 1.29 is 19.4 Å². The molecule has 0 aromatic rings. The molecule has 1 rings (SSSR count). The fourth-order valence-corrected chi connectivity index (χ4v) is 1.49. The molecule has 0 heterocycles. The molecule has 0 aromatic carbocycles. The minimum Gasteiger partial charge on any atom is -0.481 e. The van der Waals surface area contributed by atoms with Gasteiger partial charge in [-0.05, 0) is 40.0 Å². The number of hydrogen-bond acceptors (Lipinski definition) is 4. The van der Waals surface area contributed by atoms with Crippen LogP contribution in [0, 0.1) is 5.41 Å². The Morgan fingerprint density at radius 3 is 2.00 bits per heavy atom. The molecular weight excluding hydrogens is 250 g/mol. The van der Waals surface area contributed by atoms with Crippen LogP contribution in [0.4, 0.5) is 4.79 Å². The van der Waals surface area contributed by atoms with Gasteiger partial charge in [0.1, 0.15) is 17.0 Å². The summed E-state index contributed by atoms with van der Waals surface area (Å²) in [5.74, 6) is -0.820. The third-order valence-corrected chi connectivity index (χ3v) is 2.46. The lowest BCUT2D eigenvalue weighted by atomic mass is 9.76. The zero-order valence-corrected chi connectivity index (χ0v) is 11.9. The van der Waals surface area contributed by atoms with Crippen molar-refractivity contribution in [3.05, 3.63) is 0 Å². The first-order valence-corrected chi connectivity index (χ1v) is 6.04. The zero-order valence-electron chi connectivity index (χ0n) is 11.9. The highest BCUT2D eigenvalue weighted by atomic mass is 16.6. The standard InChI is InChI=1S/C10H19N3O2.C2H4O2/c1-9(2,3)15-8(14)13-10(7(11)12)5-4-6-10;1-2(3)4/h4-6H2,1-3H3,(H3,11,12)(H,13,14);1H3,(H,3,4). The third kappa shape index (κ3) is 6.64. The van der Waals surface area contributed by atoms with Gasteiger partial charge in [0, 0.05) is 6.92 Å². The lowest BCUT2D eigenvalue weighted by molar-refractivity contribution is -0.134. The molecule has 7 heteroatoms. The van der Waals surface area contributed by atoms with Crippen LogP contribution in [0.3, 0.4) is 0 Å². The van der Waals surface area contributed by atoms with Crippen molar-refractivity contribution in [1.29, 1.82) is 5.41 Å². The van der Waals surface area contributed by atoms with Crippen molar-refractivity contribution in [3.8, 4) is 0 Å². The first-order chi connectivity index (χ1) is 8.48. The highest BCUT2D eigenvalue weighted by Gasteiger charge is 2.42. The zero-order chi connectivity index (χ0) is 15.3. The summed E-state index contributed by atoms with van der Waals surface area (Å²) < 4.78 is 5.12. The van der Waals surface area contributed by atoms with Crippen molar-refractivity contribution in [3.63, 3.8) is 0 Å². The van der Waals surface area contributed by atoms with Gasteiger partial charge in [-0.3, -0.25) is 10.2 Å². The normalized spacial score (nSPS) is 16.2. The number of amidine groups is 1. The van der Waals surface area contributed by atoms with Crippen LogP contribution in [0.1, 0.15) is 47.0 Å². The van der Waals surface area contributed by atoms with Crippen LogP contribution in [0.25, 0.3) is 0 Å². The second-order valence-electron chi connectivity index (χ2n) is 5.50. The quantitative estimate of drug-likeness (QED) is 0.447. The van der Waals surface area contributed by atoms with Gasteiger partial charge in [0.2, 0.25) is 0 Å². The Bertz CT molecular complexity index is 352. The van der Waals surface area contributed by atoms with E-state index in [0.29, 0.717) is 0 Å². The van der Waals surface area contributed by atoms with E-state index in [2.05, 4.69) is 5.32 Å². The first-order valence-electron chi connectivity index (χ1n) is 6.04. The summed E-state index contributed by atoms with van der Waals surface area (Å²) in [5.41, 5.74) is 4.29. The number of carbonyl (C=O) groups is 2. The number of carboxylic acid groups (broad SMARTS) is 1. The molecule has 0 saturated heterocycles. The van der Waals surface area contributed by atoms with E-state index >= 15 is 0 Å². The predicted molar refractivity (Wildman–Crippen MR) is 71.2 cm³/mol. The van der Waals surface area contributed by atoms with Gasteiger partial charge in [-0.25, -0.2) is 4.79 Å². The van der Waals surface area contributed by atoms with Gasteiger partial charge in [-0.15, -0.1) is 0 Å². The number of carboxylic acids is 1. The molecule has 1 aliphatic rings. The highest BCUT2D eigenvalue weighted by Crippen LogP contribution is 2.31. The molecule has 1 fully saturated rings. The molecule has 0 spiro atoms. The molecule has 0 aliphatic heterocycles. The van der Waals surface area contributed by atoms with Crippen LogP contribution in [0.2, 0.25) is 0 Å². The van der Waals surface area contributed by atoms with Gasteiger partial charge in [0.15, 0.2) is 0 Å². The SMILES string of the molecule is CC(=O)O.CC(C)(C)OC(=O)NC1(C(=N)N)CCC1. The summed E-state index contributed by atoms with van der Waals surface area (Å²) >= 11 is 0. The lowest BCUT2D eigenvalue weighted by Crippen LogP contribution is -2.62. The lowest BCUT2D eigenvalue weighted by Gasteiger charge is -2.41. The van der Waals surface area contributed by atoms with Gasteiger partial charge in [0.25, 0.3) is 5.97 Å².